The molecule has 2 aromatic heterocycles. The number of thiazole rings is 1. The molecule has 0 radical (unpaired) electrons. The Morgan fingerprint density at radius 1 is 1.27 bits per heavy atom. The summed E-state index contributed by atoms with van der Waals surface area (Å²) in [4.78, 5) is 34.8. The van der Waals surface area contributed by atoms with E-state index in [9.17, 15) is 9.59 Å². The number of piperazine rings is 1. The zero-order chi connectivity index (χ0) is 18.4. The first-order chi connectivity index (χ1) is 12.6. The average molecular weight is 376 g/mol. The van der Waals surface area contributed by atoms with Gasteiger partial charge in [-0.3, -0.25) is 25.3 Å². The van der Waals surface area contributed by atoms with Gasteiger partial charge in [0.15, 0.2) is 6.54 Å². The summed E-state index contributed by atoms with van der Waals surface area (Å²) in [6, 6.07) is 6.02. The van der Waals surface area contributed by atoms with Crippen molar-refractivity contribution in [3.8, 4) is 0 Å². The number of hydrogen-bond acceptors (Lipinski definition) is 5. The van der Waals surface area contributed by atoms with E-state index >= 15 is 0 Å². The van der Waals surface area contributed by atoms with Gasteiger partial charge in [0.25, 0.3) is 11.7 Å². The first-order valence-electron chi connectivity index (χ1n) is 8.64. The predicted octanol–water partition coefficient (Wildman–Crippen LogP) is -1.64. The zero-order valence-corrected chi connectivity index (χ0v) is 15.6. The van der Waals surface area contributed by atoms with Gasteiger partial charge in [-0.15, -0.1) is 11.3 Å². The molecular weight excluding hydrogens is 352 g/mol. The van der Waals surface area contributed by atoms with Crippen LogP contribution in [0.3, 0.4) is 0 Å². The second-order valence-corrected chi connectivity index (χ2v) is 7.26. The van der Waals surface area contributed by atoms with Crippen LogP contribution in [-0.4, -0.2) is 49.5 Å². The zero-order valence-electron chi connectivity index (χ0n) is 14.7. The number of aryl methyl sites for hydroxylation is 1. The van der Waals surface area contributed by atoms with Crippen molar-refractivity contribution in [2.75, 3.05) is 37.6 Å². The number of nitrogens with one attached hydrogen (secondary N) is 4. The van der Waals surface area contributed by atoms with Crippen LogP contribution in [0.15, 0.2) is 29.8 Å². The number of aromatic amines is 1. The van der Waals surface area contributed by atoms with Crippen LogP contribution in [0.5, 0.6) is 0 Å². The Hall–Kier alpha value is -2.52. The topological polar surface area (TPSA) is 92.9 Å². The molecule has 0 aromatic carbocycles. The molecule has 0 bridgehead atoms. The van der Waals surface area contributed by atoms with Crippen LogP contribution in [0.2, 0.25) is 0 Å². The molecule has 0 spiro atoms. The lowest BCUT2D eigenvalue weighted by atomic mass is 10.3. The molecular formula is C17H24N6O2S+2. The van der Waals surface area contributed by atoms with E-state index in [2.05, 4.69) is 31.8 Å². The number of quaternary nitrogens is 1. The van der Waals surface area contributed by atoms with Crippen molar-refractivity contribution in [3.63, 3.8) is 0 Å². The SMILES string of the molecule is Cc1csc(CC(=O)NNC(=O)C[NH+]2CCN(c3cccc[nH+]3)CC2)n1. The molecule has 9 heteroatoms. The molecule has 0 unspecified atom stereocenters. The molecule has 26 heavy (non-hydrogen) atoms. The maximum absolute atomic E-state index is 12.0. The molecule has 1 saturated heterocycles. The number of hydrogen-bond donors (Lipinski definition) is 3. The Bertz CT molecular complexity index is 743. The van der Waals surface area contributed by atoms with Gasteiger partial charge in [0.1, 0.15) is 31.2 Å². The summed E-state index contributed by atoms with van der Waals surface area (Å²) in [6.45, 7) is 5.77. The molecule has 1 aliphatic rings. The summed E-state index contributed by atoms with van der Waals surface area (Å²) in [5.41, 5.74) is 5.86. The van der Waals surface area contributed by atoms with Crippen LogP contribution in [0, 0.1) is 6.92 Å². The van der Waals surface area contributed by atoms with Gasteiger partial charge >= 0.3 is 0 Å². The summed E-state index contributed by atoms with van der Waals surface area (Å²) >= 11 is 1.44. The van der Waals surface area contributed by atoms with Gasteiger partial charge in [0.2, 0.25) is 5.91 Å². The maximum atomic E-state index is 12.0. The molecule has 4 N–H and O–H groups in total. The van der Waals surface area contributed by atoms with Gasteiger partial charge < -0.3 is 4.90 Å². The van der Waals surface area contributed by atoms with Gasteiger partial charge in [-0.1, -0.05) is 6.07 Å². The molecule has 2 amide bonds. The highest BCUT2D eigenvalue weighted by Gasteiger charge is 2.27. The highest BCUT2D eigenvalue weighted by Crippen LogP contribution is 2.08. The molecule has 3 heterocycles. The fourth-order valence-electron chi connectivity index (χ4n) is 2.90. The van der Waals surface area contributed by atoms with Crippen LogP contribution in [-0.2, 0) is 16.0 Å². The number of nitrogens with zero attached hydrogens (tertiary/aromatic N) is 2. The van der Waals surface area contributed by atoms with E-state index in [0.717, 1.165) is 42.7 Å². The van der Waals surface area contributed by atoms with E-state index in [-0.39, 0.29) is 18.2 Å². The monoisotopic (exact) mass is 376 g/mol. The van der Waals surface area contributed by atoms with Crippen LogP contribution in [0.4, 0.5) is 5.82 Å². The van der Waals surface area contributed by atoms with Gasteiger partial charge in [-0.2, -0.15) is 0 Å². The summed E-state index contributed by atoms with van der Waals surface area (Å²) < 4.78 is 0. The van der Waals surface area contributed by atoms with Crippen molar-refractivity contribution >= 4 is 29.0 Å². The fraction of sp³-hybridized carbons (Fsp3) is 0.412. The molecule has 0 aliphatic carbocycles. The highest BCUT2D eigenvalue weighted by atomic mass is 32.1. The normalized spacial score (nSPS) is 14.9. The van der Waals surface area contributed by atoms with Gasteiger partial charge in [-0.05, 0) is 13.0 Å². The van der Waals surface area contributed by atoms with E-state index in [4.69, 9.17) is 0 Å². The molecule has 0 atom stereocenters. The number of carbonyl (C=O) groups excluding carboxylic acids is 2. The number of rotatable bonds is 5. The molecule has 0 saturated carbocycles. The second kappa shape index (κ2) is 8.72. The van der Waals surface area contributed by atoms with Crippen LogP contribution in [0.1, 0.15) is 10.7 Å². The highest BCUT2D eigenvalue weighted by molar-refractivity contribution is 7.09. The quantitative estimate of drug-likeness (QED) is 0.546. The largest absolute Gasteiger partial charge is 0.321 e. The summed E-state index contributed by atoms with van der Waals surface area (Å²) in [5, 5.41) is 2.64. The summed E-state index contributed by atoms with van der Waals surface area (Å²) in [6.07, 6.45) is 2.09. The number of aromatic nitrogens is 2. The summed E-state index contributed by atoms with van der Waals surface area (Å²) in [5.74, 6) is 0.663. The average Bonchev–Trinajstić information content (AvgIpc) is 3.06. The third-order valence-electron chi connectivity index (χ3n) is 4.23. The number of pyridine rings is 1. The third-order valence-corrected chi connectivity index (χ3v) is 5.20. The second-order valence-electron chi connectivity index (χ2n) is 6.32. The maximum Gasteiger partial charge on any atom is 0.293 e. The first-order valence-corrected chi connectivity index (χ1v) is 9.52. The van der Waals surface area contributed by atoms with E-state index in [0.29, 0.717) is 6.54 Å². The van der Waals surface area contributed by atoms with Gasteiger partial charge in [0.05, 0.1) is 12.6 Å². The van der Waals surface area contributed by atoms with Crippen LogP contribution in [0.25, 0.3) is 0 Å². The van der Waals surface area contributed by atoms with E-state index in [1.54, 1.807) is 0 Å². The number of H-pyrrole nitrogens is 1. The van der Waals surface area contributed by atoms with Crippen molar-refractivity contribution in [1.29, 1.82) is 0 Å². The minimum atomic E-state index is -0.257. The lowest BCUT2D eigenvalue weighted by Crippen LogP contribution is -3.16. The lowest BCUT2D eigenvalue weighted by molar-refractivity contribution is -0.892. The Balaban J connectivity index is 1.36. The number of carbonyl (C=O) groups is 2. The van der Waals surface area contributed by atoms with E-state index < -0.39 is 0 Å². The molecule has 2 aromatic rings. The summed E-state index contributed by atoms with van der Waals surface area (Å²) in [7, 11) is 0. The Morgan fingerprint density at radius 3 is 2.69 bits per heavy atom. The fourth-order valence-corrected chi connectivity index (χ4v) is 3.67. The van der Waals surface area contributed by atoms with Crippen molar-refractivity contribution in [2.24, 2.45) is 0 Å². The molecule has 138 valence electrons. The number of anilines is 1. The smallest absolute Gasteiger partial charge is 0.293 e. The Labute approximate surface area is 156 Å². The van der Waals surface area contributed by atoms with E-state index in [1.807, 2.05) is 30.6 Å². The molecule has 3 rings (SSSR count). The van der Waals surface area contributed by atoms with E-state index in [1.165, 1.54) is 16.2 Å². The minimum absolute atomic E-state index is 0.177. The third kappa shape index (κ3) is 5.24. The Kier molecular flexibility index (Phi) is 6.13. The van der Waals surface area contributed by atoms with Gasteiger partial charge in [-0.25, -0.2) is 9.97 Å². The van der Waals surface area contributed by atoms with Crippen molar-refractivity contribution in [1.82, 2.24) is 15.8 Å². The molecule has 1 aliphatic heterocycles. The number of hydrazine groups is 1. The predicted molar refractivity (Wildman–Crippen MR) is 97.6 cm³/mol. The van der Waals surface area contributed by atoms with Crippen molar-refractivity contribution in [3.05, 3.63) is 40.5 Å². The van der Waals surface area contributed by atoms with Gasteiger partial charge in [0, 0.05) is 17.1 Å². The van der Waals surface area contributed by atoms with Crippen molar-refractivity contribution < 1.29 is 19.5 Å². The standard InChI is InChI=1S/C17H22N6O2S/c1-13-12-26-17(19-13)10-15(24)20-21-16(25)11-22-6-8-23(9-7-22)14-4-2-3-5-18-14/h2-5,12H,6-11H2,1H3,(H,20,24)(H,21,25)/p+2. The van der Waals surface area contributed by atoms with Crippen LogP contribution >= 0.6 is 11.3 Å². The minimum Gasteiger partial charge on any atom is -0.321 e. The number of amides is 2. The van der Waals surface area contributed by atoms with Crippen molar-refractivity contribution in [2.45, 2.75) is 13.3 Å². The molecule has 8 nitrogen and oxygen atoms in total. The Morgan fingerprint density at radius 2 is 2.04 bits per heavy atom. The lowest BCUT2D eigenvalue weighted by Gasteiger charge is -2.27. The van der Waals surface area contributed by atoms with Crippen LogP contribution < -0.4 is 25.6 Å². The first kappa shape index (κ1) is 18.3. The molecule has 1 fully saturated rings.